The van der Waals surface area contributed by atoms with Crippen molar-refractivity contribution >= 4 is 18.1 Å². The van der Waals surface area contributed by atoms with Crippen molar-refractivity contribution in [2.75, 3.05) is 0 Å². The standard InChI is InChI=1S/C13H17BN2O2/c1-12(2)13(3,4)18-14(17-12)10-9-15-16-8-6-5-7-11(10)16/h5-9H,1-4H3. The van der Waals surface area contributed by atoms with Crippen LogP contribution in [0.25, 0.3) is 5.52 Å². The molecule has 2 aromatic heterocycles. The van der Waals surface area contributed by atoms with Crippen LogP contribution in [0.4, 0.5) is 0 Å². The first-order valence-electron chi connectivity index (χ1n) is 6.19. The molecule has 5 heteroatoms. The largest absolute Gasteiger partial charge is 0.498 e. The van der Waals surface area contributed by atoms with E-state index in [0.29, 0.717) is 0 Å². The topological polar surface area (TPSA) is 35.8 Å². The van der Waals surface area contributed by atoms with E-state index in [-0.39, 0.29) is 18.3 Å². The van der Waals surface area contributed by atoms with Gasteiger partial charge in [-0.3, -0.25) is 0 Å². The molecule has 0 aliphatic carbocycles. The minimum atomic E-state index is -0.352. The zero-order valence-electron chi connectivity index (χ0n) is 11.2. The maximum absolute atomic E-state index is 6.04. The fourth-order valence-electron chi connectivity index (χ4n) is 2.11. The average Bonchev–Trinajstić information content (AvgIpc) is 2.78. The first-order valence-corrected chi connectivity index (χ1v) is 6.19. The van der Waals surface area contributed by atoms with Crippen LogP contribution in [0.1, 0.15) is 27.7 Å². The SMILES string of the molecule is CC1(C)OB(c2cnn3ccccc23)OC1(C)C. The fraction of sp³-hybridized carbons (Fsp3) is 0.462. The highest BCUT2D eigenvalue weighted by molar-refractivity contribution is 6.64. The third-order valence-electron chi connectivity index (χ3n) is 3.96. The lowest BCUT2D eigenvalue weighted by Gasteiger charge is -2.32. The van der Waals surface area contributed by atoms with Crippen LogP contribution in [-0.4, -0.2) is 27.9 Å². The van der Waals surface area contributed by atoms with Gasteiger partial charge in [0.25, 0.3) is 0 Å². The van der Waals surface area contributed by atoms with E-state index < -0.39 is 0 Å². The number of rotatable bonds is 1. The van der Waals surface area contributed by atoms with E-state index in [4.69, 9.17) is 9.31 Å². The smallest absolute Gasteiger partial charge is 0.399 e. The van der Waals surface area contributed by atoms with Gasteiger partial charge in [-0.1, -0.05) is 6.07 Å². The molecule has 4 nitrogen and oxygen atoms in total. The Morgan fingerprint density at radius 1 is 1.11 bits per heavy atom. The molecule has 0 aromatic carbocycles. The number of fused-ring (bicyclic) bond motifs is 1. The van der Waals surface area contributed by atoms with Gasteiger partial charge in [-0.2, -0.15) is 5.10 Å². The Kier molecular flexibility index (Phi) is 2.34. The van der Waals surface area contributed by atoms with Crippen LogP contribution in [0.2, 0.25) is 0 Å². The predicted octanol–water partition coefficient (Wildman–Crippen LogP) is 1.63. The third-order valence-corrected chi connectivity index (χ3v) is 3.96. The number of aromatic nitrogens is 2. The first kappa shape index (κ1) is 11.7. The van der Waals surface area contributed by atoms with E-state index in [1.54, 1.807) is 0 Å². The number of hydrogen-bond acceptors (Lipinski definition) is 3. The van der Waals surface area contributed by atoms with Crippen LogP contribution >= 0.6 is 0 Å². The molecule has 3 heterocycles. The molecule has 0 saturated carbocycles. The Morgan fingerprint density at radius 3 is 2.44 bits per heavy atom. The molecular formula is C13H17BN2O2. The molecule has 2 aromatic rings. The summed E-state index contributed by atoms with van der Waals surface area (Å²) >= 11 is 0. The second-order valence-electron chi connectivity index (χ2n) is 5.72. The summed E-state index contributed by atoms with van der Waals surface area (Å²) in [5, 5.41) is 4.32. The summed E-state index contributed by atoms with van der Waals surface area (Å²) in [5.74, 6) is 0. The predicted molar refractivity (Wildman–Crippen MR) is 70.9 cm³/mol. The fourth-order valence-corrected chi connectivity index (χ4v) is 2.11. The van der Waals surface area contributed by atoms with Gasteiger partial charge in [-0.25, -0.2) is 4.52 Å². The van der Waals surface area contributed by atoms with Crippen LogP contribution in [0.15, 0.2) is 30.6 Å². The molecular weight excluding hydrogens is 227 g/mol. The molecule has 1 aliphatic rings. The zero-order valence-corrected chi connectivity index (χ0v) is 11.2. The Balaban J connectivity index is 2.03. The van der Waals surface area contributed by atoms with E-state index in [2.05, 4.69) is 32.8 Å². The van der Waals surface area contributed by atoms with Gasteiger partial charge in [0.05, 0.1) is 16.7 Å². The van der Waals surface area contributed by atoms with Gasteiger partial charge in [0.2, 0.25) is 0 Å². The molecule has 1 saturated heterocycles. The zero-order chi connectivity index (χ0) is 13.0. The summed E-state index contributed by atoms with van der Waals surface area (Å²) in [6, 6.07) is 5.97. The average molecular weight is 244 g/mol. The van der Waals surface area contributed by atoms with Crippen LogP contribution < -0.4 is 5.46 Å². The summed E-state index contributed by atoms with van der Waals surface area (Å²) < 4.78 is 13.9. The molecule has 0 atom stereocenters. The molecule has 94 valence electrons. The maximum atomic E-state index is 6.04. The lowest BCUT2D eigenvalue weighted by molar-refractivity contribution is 0.00578. The van der Waals surface area contributed by atoms with Crippen LogP contribution in [0, 0.1) is 0 Å². The molecule has 0 bridgehead atoms. The minimum Gasteiger partial charge on any atom is -0.399 e. The normalized spacial score (nSPS) is 21.7. The molecule has 1 aliphatic heterocycles. The van der Waals surface area contributed by atoms with Crippen molar-refractivity contribution in [3.8, 4) is 0 Å². The van der Waals surface area contributed by atoms with Crippen molar-refractivity contribution < 1.29 is 9.31 Å². The summed E-state index contributed by atoms with van der Waals surface area (Å²) in [5.41, 5.74) is 1.37. The Labute approximate surface area is 107 Å². The van der Waals surface area contributed by atoms with E-state index in [9.17, 15) is 0 Å². The van der Waals surface area contributed by atoms with Gasteiger partial charge < -0.3 is 9.31 Å². The van der Waals surface area contributed by atoms with Crippen LogP contribution in [0.3, 0.4) is 0 Å². The third kappa shape index (κ3) is 1.58. The van der Waals surface area contributed by atoms with Crippen LogP contribution in [-0.2, 0) is 9.31 Å². The second-order valence-corrected chi connectivity index (χ2v) is 5.72. The highest BCUT2D eigenvalue weighted by atomic mass is 16.7. The molecule has 1 fully saturated rings. The van der Waals surface area contributed by atoms with Crippen molar-refractivity contribution in [1.29, 1.82) is 0 Å². The summed E-state index contributed by atoms with van der Waals surface area (Å²) in [7, 11) is -0.352. The molecule has 0 amide bonds. The molecule has 0 unspecified atom stereocenters. The Morgan fingerprint density at radius 2 is 1.78 bits per heavy atom. The lowest BCUT2D eigenvalue weighted by atomic mass is 9.80. The quantitative estimate of drug-likeness (QED) is 0.715. The van der Waals surface area contributed by atoms with E-state index >= 15 is 0 Å². The maximum Gasteiger partial charge on any atom is 0.498 e. The number of hydrogen-bond donors (Lipinski definition) is 0. The van der Waals surface area contributed by atoms with Crippen molar-refractivity contribution in [3.63, 3.8) is 0 Å². The summed E-state index contributed by atoms with van der Waals surface area (Å²) in [6.45, 7) is 8.22. The van der Waals surface area contributed by atoms with Gasteiger partial charge in [-0.15, -0.1) is 0 Å². The van der Waals surface area contributed by atoms with Gasteiger partial charge >= 0.3 is 7.12 Å². The van der Waals surface area contributed by atoms with Crippen molar-refractivity contribution in [1.82, 2.24) is 9.61 Å². The molecule has 3 rings (SSSR count). The van der Waals surface area contributed by atoms with Crippen LogP contribution in [0.5, 0.6) is 0 Å². The van der Waals surface area contributed by atoms with Gasteiger partial charge in [0, 0.05) is 17.9 Å². The first-order chi connectivity index (χ1) is 8.41. The highest BCUT2D eigenvalue weighted by Gasteiger charge is 2.52. The Bertz CT molecular complexity index is 575. The van der Waals surface area contributed by atoms with E-state index in [0.717, 1.165) is 11.0 Å². The van der Waals surface area contributed by atoms with Gasteiger partial charge in [0.15, 0.2) is 0 Å². The summed E-state index contributed by atoms with van der Waals surface area (Å²) in [4.78, 5) is 0. The number of pyridine rings is 1. The lowest BCUT2D eigenvalue weighted by Crippen LogP contribution is -2.41. The van der Waals surface area contributed by atoms with Gasteiger partial charge in [-0.05, 0) is 39.8 Å². The molecule has 18 heavy (non-hydrogen) atoms. The van der Waals surface area contributed by atoms with Crippen molar-refractivity contribution in [2.24, 2.45) is 0 Å². The second kappa shape index (κ2) is 3.59. The van der Waals surface area contributed by atoms with Crippen molar-refractivity contribution in [3.05, 3.63) is 30.6 Å². The summed E-state index contributed by atoms with van der Waals surface area (Å²) in [6.07, 6.45) is 3.74. The number of nitrogens with zero attached hydrogens (tertiary/aromatic N) is 2. The minimum absolute atomic E-state index is 0.319. The molecule has 0 spiro atoms. The van der Waals surface area contributed by atoms with E-state index in [1.807, 2.05) is 35.1 Å². The molecule has 0 radical (unpaired) electrons. The molecule has 0 N–H and O–H groups in total. The van der Waals surface area contributed by atoms with E-state index in [1.165, 1.54) is 0 Å². The highest BCUT2D eigenvalue weighted by Crippen LogP contribution is 2.36. The van der Waals surface area contributed by atoms with Crippen molar-refractivity contribution in [2.45, 2.75) is 38.9 Å². The Hall–Kier alpha value is -1.33. The monoisotopic (exact) mass is 244 g/mol. The van der Waals surface area contributed by atoms with Gasteiger partial charge in [0.1, 0.15) is 0 Å².